The van der Waals surface area contributed by atoms with Crippen molar-refractivity contribution >= 4 is 38.5 Å². The van der Waals surface area contributed by atoms with E-state index in [0.29, 0.717) is 25.2 Å². The van der Waals surface area contributed by atoms with Crippen molar-refractivity contribution in [2.75, 3.05) is 76.6 Å². The highest BCUT2D eigenvalue weighted by atomic mass is 32.2. The number of alkyl halides is 4. The topological polar surface area (TPSA) is 120 Å². The number of carbonyl (C=O) groups is 1. The molecule has 0 saturated carbocycles. The van der Waals surface area contributed by atoms with Gasteiger partial charge in [0.25, 0.3) is 0 Å². The fourth-order valence-corrected chi connectivity index (χ4v) is 5.75. The number of methoxy groups -OCH3 is 1. The van der Waals surface area contributed by atoms with Gasteiger partial charge in [-0.3, -0.25) is 9.20 Å². The molecular formula is C32H39F4N7O4S. The van der Waals surface area contributed by atoms with Crippen molar-refractivity contribution in [3.05, 3.63) is 54.0 Å². The zero-order valence-electron chi connectivity index (χ0n) is 27.3. The number of anilines is 3. The molecule has 16 heteroatoms. The van der Waals surface area contributed by atoms with Crippen LogP contribution in [0.5, 0.6) is 5.75 Å². The molecule has 0 bridgehead atoms. The number of likely N-dealkylation sites (N-methyl/N-ethyl adjacent to an activating group) is 1. The van der Waals surface area contributed by atoms with Gasteiger partial charge in [0.15, 0.2) is 15.5 Å². The molecule has 1 saturated heterocycles. The minimum atomic E-state index is -4.63. The van der Waals surface area contributed by atoms with Crippen molar-refractivity contribution in [1.29, 1.82) is 0 Å². The predicted molar refractivity (Wildman–Crippen MR) is 177 cm³/mol. The highest BCUT2D eigenvalue weighted by molar-refractivity contribution is 7.90. The summed E-state index contributed by atoms with van der Waals surface area (Å²) in [4.78, 5) is 20.9. The SMILES string of the molecule is COc1cc(S(C)(=O)=O)ccc1NCC#Cc1nc2c(N[C@@H]3CCN(C)C[C@@H]3F)cc(NC(=O)/C=C/CN(C)C)cn2c1CC(F)(F)F. The molecule has 48 heavy (non-hydrogen) atoms. The summed E-state index contributed by atoms with van der Waals surface area (Å²) in [5, 5.41) is 8.79. The highest BCUT2D eigenvalue weighted by Gasteiger charge is 2.33. The summed E-state index contributed by atoms with van der Waals surface area (Å²) < 4.78 is 87.1. The largest absolute Gasteiger partial charge is 0.495 e. The number of imidazole rings is 1. The number of sulfone groups is 1. The number of hydrogen-bond donors (Lipinski definition) is 3. The zero-order chi connectivity index (χ0) is 35.2. The van der Waals surface area contributed by atoms with Crippen molar-refractivity contribution in [3.8, 4) is 17.6 Å². The van der Waals surface area contributed by atoms with Crippen LogP contribution in [0.3, 0.4) is 0 Å². The van der Waals surface area contributed by atoms with Crippen molar-refractivity contribution in [2.45, 2.75) is 36.1 Å². The molecule has 11 nitrogen and oxygen atoms in total. The number of pyridine rings is 1. The zero-order valence-corrected chi connectivity index (χ0v) is 28.1. The van der Waals surface area contributed by atoms with Gasteiger partial charge in [-0.25, -0.2) is 17.8 Å². The molecule has 3 heterocycles. The van der Waals surface area contributed by atoms with Crippen molar-refractivity contribution in [3.63, 3.8) is 0 Å². The monoisotopic (exact) mass is 693 g/mol. The molecule has 2 atom stereocenters. The van der Waals surface area contributed by atoms with Gasteiger partial charge in [0.1, 0.15) is 17.6 Å². The molecule has 0 radical (unpaired) electrons. The van der Waals surface area contributed by atoms with Crippen LogP contribution in [0.2, 0.25) is 0 Å². The van der Waals surface area contributed by atoms with E-state index in [0.717, 1.165) is 6.26 Å². The first-order chi connectivity index (χ1) is 22.5. The van der Waals surface area contributed by atoms with Crippen LogP contribution in [0.4, 0.5) is 34.6 Å². The van der Waals surface area contributed by atoms with E-state index in [1.807, 2.05) is 23.9 Å². The number of nitrogens with one attached hydrogen (secondary N) is 3. The molecule has 3 aromatic rings. The Labute approximate surface area is 277 Å². The van der Waals surface area contributed by atoms with Crippen molar-refractivity contribution < 1.29 is 35.5 Å². The molecule has 4 rings (SSSR count). The summed E-state index contributed by atoms with van der Waals surface area (Å²) in [6.07, 6.45) is -1.44. The number of benzene rings is 1. The van der Waals surface area contributed by atoms with Crippen LogP contribution in [0.15, 0.2) is 47.5 Å². The summed E-state index contributed by atoms with van der Waals surface area (Å²) in [6, 6.07) is 5.13. The van der Waals surface area contributed by atoms with E-state index in [1.54, 1.807) is 13.1 Å². The lowest BCUT2D eigenvalue weighted by Crippen LogP contribution is -2.46. The smallest absolute Gasteiger partial charge is 0.394 e. The van der Waals surface area contributed by atoms with E-state index in [-0.39, 0.29) is 52.1 Å². The lowest BCUT2D eigenvalue weighted by Gasteiger charge is -2.33. The van der Waals surface area contributed by atoms with Gasteiger partial charge in [-0.05, 0) is 51.7 Å². The maximum Gasteiger partial charge on any atom is 0.394 e. The van der Waals surface area contributed by atoms with Gasteiger partial charge in [-0.1, -0.05) is 12.0 Å². The third-order valence-corrected chi connectivity index (χ3v) is 8.56. The molecule has 260 valence electrons. The first-order valence-corrected chi connectivity index (χ1v) is 16.9. The van der Waals surface area contributed by atoms with Gasteiger partial charge in [0.2, 0.25) is 5.91 Å². The number of nitrogens with zero attached hydrogens (tertiary/aromatic N) is 4. The second kappa shape index (κ2) is 15.3. The third kappa shape index (κ3) is 9.85. The van der Waals surface area contributed by atoms with Crippen molar-refractivity contribution in [2.24, 2.45) is 0 Å². The van der Waals surface area contributed by atoms with Crippen LogP contribution >= 0.6 is 0 Å². The van der Waals surface area contributed by atoms with Gasteiger partial charge in [0, 0.05) is 44.2 Å². The molecule has 3 N–H and O–H groups in total. The number of carbonyl (C=O) groups excluding carboxylic acids is 1. The number of ether oxygens (including phenoxy) is 1. The first-order valence-electron chi connectivity index (χ1n) is 15.0. The molecule has 2 aromatic heterocycles. The Bertz CT molecular complexity index is 1830. The molecule has 0 aliphatic carbocycles. The number of amides is 1. The quantitative estimate of drug-likeness (QED) is 0.157. The number of likely N-dealkylation sites (tertiary alicyclic amines) is 1. The van der Waals surface area contributed by atoms with Crippen LogP contribution in [0.1, 0.15) is 17.8 Å². The predicted octanol–water partition coefficient (Wildman–Crippen LogP) is 3.83. The summed E-state index contributed by atoms with van der Waals surface area (Å²) in [5.41, 5.74) is 0.535. The Morgan fingerprint density at radius 1 is 1.23 bits per heavy atom. The Morgan fingerprint density at radius 3 is 2.62 bits per heavy atom. The number of fused-ring (bicyclic) bond motifs is 1. The van der Waals surface area contributed by atoms with Gasteiger partial charge >= 0.3 is 6.18 Å². The van der Waals surface area contributed by atoms with Crippen LogP contribution in [0, 0.1) is 11.8 Å². The van der Waals surface area contributed by atoms with Crippen LogP contribution in [-0.4, -0.2) is 113 Å². The number of hydrogen-bond acceptors (Lipinski definition) is 9. The summed E-state index contributed by atoms with van der Waals surface area (Å²) in [7, 11) is 3.37. The van der Waals surface area contributed by atoms with Gasteiger partial charge in [-0.15, -0.1) is 0 Å². The fourth-order valence-electron chi connectivity index (χ4n) is 5.11. The number of aromatic nitrogens is 2. The minimum absolute atomic E-state index is 0.0429. The number of halogens is 4. The summed E-state index contributed by atoms with van der Waals surface area (Å²) in [5.74, 6) is 5.25. The Balaban J connectivity index is 1.72. The number of piperidine rings is 1. The minimum Gasteiger partial charge on any atom is -0.495 e. The average molecular weight is 694 g/mol. The fraction of sp³-hybridized carbons (Fsp3) is 0.438. The Kier molecular flexibility index (Phi) is 11.6. The van der Waals surface area contributed by atoms with Crippen LogP contribution in [-0.2, 0) is 21.1 Å². The Morgan fingerprint density at radius 2 is 1.98 bits per heavy atom. The molecule has 0 spiro atoms. The lowest BCUT2D eigenvalue weighted by atomic mass is 10.0. The lowest BCUT2D eigenvalue weighted by molar-refractivity contribution is -0.128. The highest BCUT2D eigenvalue weighted by Crippen LogP contribution is 2.31. The van der Waals surface area contributed by atoms with Crippen LogP contribution < -0.4 is 20.7 Å². The molecule has 1 aliphatic rings. The van der Waals surface area contributed by atoms with E-state index in [2.05, 4.69) is 32.8 Å². The van der Waals surface area contributed by atoms with E-state index >= 15 is 4.39 Å². The molecule has 1 amide bonds. The third-order valence-electron chi connectivity index (χ3n) is 7.45. The van der Waals surface area contributed by atoms with E-state index < -0.39 is 40.6 Å². The van der Waals surface area contributed by atoms with E-state index in [1.165, 1.54) is 48.0 Å². The van der Waals surface area contributed by atoms with Gasteiger partial charge in [-0.2, -0.15) is 13.2 Å². The molecular weight excluding hydrogens is 654 g/mol. The summed E-state index contributed by atoms with van der Waals surface area (Å²) >= 11 is 0. The Hall–Kier alpha value is -4.33. The second-order valence-corrected chi connectivity index (χ2v) is 13.8. The van der Waals surface area contributed by atoms with Gasteiger partial charge in [0.05, 0.1) is 53.8 Å². The first kappa shape index (κ1) is 36.5. The maximum atomic E-state index is 15.1. The number of rotatable bonds is 11. The van der Waals surface area contributed by atoms with Crippen LogP contribution in [0.25, 0.3) is 5.65 Å². The maximum absolute atomic E-state index is 15.1. The second-order valence-electron chi connectivity index (χ2n) is 11.8. The molecule has 1 fully saturated rings. The molecule has 1 aromatic carbocycles. The van der Waals surface area contributed by atoms with Crippen molar-refractivity contribution in [1.82, 2.24) is 19.2 Å². The standard InChI is InChI=1S/C32H39F4N7O4S/c1-41(2)14-7-9-30(44)38-21-16-27(39-24-12-15-42(3)20-23(24)33)31-40-25(28(43(31)19-21)18-32(34,35)36)8-6-13-37-26-11-10-22(48(5,45)46)17-29(26)47-4/h7,9-11,16-17,19,23-24,37,39H,12-15,18,20H2,1-5H3,(H,38,44)/b9-7+/t23-,24+/m0/s1. The van der Waals surface area contributed by atoms with Gasteiger partial charge < -0.3 is 30.5 Å². The van der Waals surface area contributed by atoms with E-state index in [9.17, 15) is 26.4 Å². The summed E-state index contributed by atoms with van der Waals surface area (Å²) in [6.45, 7) is 1.25. The normalized spacial score (nSPS) is 17.4. The van der Waals surface area contributed by atoms with E-state index in [4.69, 9.17) is 4.74 Å². The molecule has 1 aliphatic heterocycles. The average Bonchev–Trinajstić information content (AvgIpc) is 3.31. The molecule has 0 unspecified atom stereocenters.